The molecule has 6 heteroatoms. The van der Waals surface area contributed by atoms with Crippen molar-refractivity contribution >= 4 is 17.5 Å². The standard InChI is InChI=1S/C13H20N4O2/c1-13(2,3)17-11(18)8-16-12(19)10-6-5-9(14-4)7-15-10/h5-7,14H,8H2,1-4H3,(H,16,19)(H,17,18). The Morgan fingerprint density at radius 2 is 1.95 bits per heavy atom. The van der Waals surface area contributed by atoms with E-state index in [-0.39, 0.29) is 29.6 Å². The Bertz CT molecular complexity index is 449. The van der Waals surface area contributed by atoms with Crippen LogP contribution in [0.4, 0.5) is 5.69 Å². The highest BCUT2D eigenvalue weighted by Gasteiger charge is 2.15. The molecule has 0 aliphatic carbocycles. The van der Waals surface area contributed by atoms with Gasteiger partial charge in [0.25, 0.3) is 5.91 Å². The van der Waals surface area contributed by atoms with Crippen LogP contribution in [0.3, 0.4) is 0 Å². The minimum atomic E-state index is -0.369. The van der Waals surface area contributed by atoms with Gasteiger partial charge in [-0.3, -0.25) is 9.59 Å². The molecule has 0 saturated carbocycles. The molecule has 0 aliphatic heterocycles. The molecule has 104 valence electrons. The van der Waals surface area contributed by atoms with Gasteiger partial charge in [-0.25, -0.2) is 4.98 Å². The third-order valence-electron chi connectivity index (χ3n) is 2.21. The summed E-state index contributed by atoms with van der Waals surface area (Å²) in [5.74, 6) is -0.598. The molecule has 6 nitrogen and oxygen atoms in total. The molecule has 0 aliphatic rings. The van der Waals surface area contributed by atoms with E-state index in [0.29, 0.717) is 0 Å². The third kappa shape index (κ3) is 5.37. The van der Waals surface area contributed by atoms with Gasteiger partial charge in [0.15, 0.2) is 0 Å². The van der Waals surface area contributed by atoms with E-state index in [1.165, 1.54) is 0 Å². The van der Waals surface area contributed by atoms with E-state index in [2.05, 4.69) is 20.9 Å². The second-order valence-electron chi connectivity index (χ2n) is 5.16. The summed E-state index contributed by atoms with van der Waals surface area (Å²) in [6.45, 7) is 5.58. The van der Waals surface area contributed by atoms with Crippen LogP contribution < -0.4 is 16.0 Å². The molecule has 0 radical (unpaired) electrons. The lowest BCUT2D eigenvalue weighted by atomic mass is 10.1. The summed E-state index contributed by atoms with van der Waals surface area (Å²) < 4.78 is 0. The first-order chi connectivity index (χ1) is 8.81. The predicted octanol–water partition coefficient (Wildman–Crippen LogP) is 0.768. The smallest absolute Gasteiger partial charge is 0.270 e. The Hall–Kier alpha value is -2.11. The molecule has 0 atom stereocenters. The number of aromatic nitrogens is 1. The van der Waals surface area contributed by atoms with Crippen molar-refractivity contribution in [1.82, 2.24) is 15.6 Å². The van der Waals surface area contributed by atoms with E-state index in [0.717, 1.165) is 5.69 Å². The number of nitrogens with one attached hydrogen (secondary N) is 3. The van der Waals surface area contributed by atoms with Gasteiger partial charge >= 0.3 is 0 Å². The summed E-state index contributed by atoms with van der Waals surface area (Å²) in [4.78, 5) is 27.3. The molecule has 1 aromatic heterocycles. The second kappa shape index (κ2) is 6.17. The number of anilines is 1. The normalized spacial score (nSPS) is 10.7. The summed E-state index contributed by atoms with van der Waals surface area (Å²) in [5.41, 5.74) is 0.790. The lowest BCUT2D eigenvalue weighted by Gasteiger charge is -2.20. The number of hydrogen-bond acceptors (Lipinski definition) is 4. The Morgan fingerprint density at radius 3 is 2.42 bits per heavy atom. The van der Waals surface area contributed by atoms with Crippen LogP contribution in [0.25, 0.3) is 0 Å². The van der Waals surface area contributed by atoms with E-state index in [4.69, 9.17) is 0 Å². The highest BCUT2D eigenvalue weighted by atomic mass is 16.2. The highest BCUT2D eigenvalue weighted by Crippen LogP contribution is 2.04. The summed E-state index contributed by atoms with van der Waals surface area (Å²) in [7, 11) is 1.77. The monoisotopic (exact) mass is 264 g/mol. The highest BCUT2D eigenvalue weighted by molar-refractivity contribution is 5.95. The van der Waals surface area contributed by atoms with Crippen LogP contribution in [-0.4, -0.2) is 35.9 Å². The van der Waals surface area contributed by atoms with Gasteiger partial charge in [-0.05, 0) is 32.9 Å². The summed E-state index contributed by atoms with van der Waals surface area (Å²) in [5, 5.41) is 8.20. The maximum Gasteiger partial charge on any atom is 0.270 e. The molecule has 1 rings (SSSR count). The zero-order valence-electron chi connectivity index (χ0n) is 11.7. The van der Waals surface area contributed by atoms with Gasteiger partial charge in [-0.15, -0.1) is 0 Å². The Balaban J connectivity index is 2.49. The maximum absolute atomic E-state index is 11.7. The fraction of sp³-hybridized carbons (Fsp3) is 0.462. The van der Waals surface area contributed by atoms with E-state index in [1.54, 1.807) is 25.4 Å². The number of amides is 2. The quantitative estimate of drug-likeness (QED) is 0.750. The summed E-state index contributed by atoms with van der Waals surface area (Å²) >= 11 is 0. The van der Waals surface area contributed by atoms with E-state index in [1.807, 2.05) is 20.8 Å². The van der Waals surface area contributed by atoms with Gasteiger partial charge < -0.3 is 16.0 Å². The maximum atomic E-state index is 11.7. The number of rotatable bonds is 4. The van der Waals surface area contributed by atoms with Crippen molar-refractivity contribution in [3.63, 3.8) is 0 Å². The average Bonchev–Trinajstić information content (AvgIpc) is 2.34. The van der Waals surface area contributed by atoms with Crippen LogP contribution in [0, 0.1) is 0 Å². The fourth-order valence-corrected chi connectivity index (χ4v) is 1.39. The lowest BCUT2D eigenvalue weighted by Crippen LogP contribution is -2.45. The molecule has 3 N–H and O–H groups in total. The molecule has 0 aromatic carbocycles. The molecule has 19 heavy (non-hydrogen) atoms. The number of carbonyl (C=O) groups is 2. The van der Waals surface area contributed by atoms with Crippen molar-refractivity contribution in [1.29, 1.82) is 0 Å². The Kier molecular flexibility index (Phi) is 4.86. The third-order valence-corrected chi connectivity index (χ3v) is 2.21. The van der Waals surface area contributed by atoms with Crippen molar-refractivity contribution in [3.05, 3.63) is 24.0 Å². The van der Waals surface area contributed by atoms with Gasteiger partial charge in [0.05, 0.1) is 18.4 Å². The van der Waals surface area contributed by atoms with Crippen LogP contribution >= 0.6 is 0 Å². The van der Waals surface area contributed by atoms with Gasteiger partial charge in [-0.1, -0.05) is 0 Å². The zero-order chi connectivity index (χ0) is 14.5. The number of pyridine rings is 1. The summed E-state index contributed by atoms with van der Waals surface area (Å²) in [6, 6.07) is 3.35. The Labute approximate surface area is 113 Å². The largest absolute Gasteiger partial charge is 0.387 e. The van der Waals surface area contributed by atoms with Gasteiger partial charge in [0.2, 0.25) is 5.91 Å². The van der Waals surface area contributed by atoms with E-state index < -0.39 is 0 Å². The van der Waals surface area contributed by atoms with E-state index in [9.17, 15) is 9.59 Å². The number of nitrogens with zero attached hydrogens (tertiary/aromatic N) is 1. The molecular weight excluding hydrogens is 244 g/mol. The first kappa shape index (κ1) is 14.9. The minimum absolute atomic E-state index is 0.0639. The average molecular weight is 264 g/mol. The van der Waals surface area contributed by atoms with Crippen molar-refractivity contribution in [2.24, 2.45) is 0 Å². The van der Waals surface area contributed by atoms with Crippen molar-refractivity contribution in [2.45, 2.75) is 26.3 Å². The molecule has 1 aromatic rings. The van der Waals surface area contributed by atoms with Crippen LogP contribution in [-0.2, 0) is 4.79 Å². The molecule has 2 amide bonds. The molecule has 0 spiro atoms. The molecule has 0 bridgehead atoms. The molecular formula is C13H20N4O2. The minimum Gasteiger partial charge on any atom is -0.387 e. The van der Waals surface area contributed by atoms with Crippen molar-refractivity contribution in [3.8, 4) is 0 Å². The molecule has 1 heterocycles. The Morgan fingerprint density at radius 1 is 1.26 bits per heavy atom. The number of carbonyl (C=O) groups excluding carboxylic acids is 2. The van der Waals surface area contributed by atoms with Crippen LogP contribution in [0.1, 0.15) is 31.3 Å². The molecule has 0 unspecified atom stereocenters. The van der Waals surface area contributed by atoms with Crippen molar-refractivity contribution in [2.75, 3.05) is 18.9 Å². The first-order valence-corrected chi connectivity index (χ1v) is 6.05. The molecule has 0 saturated heterocycles. The van der Waals surface area contributed by atoms with Crippen LogP contribution in [0.2, 0.25) is 0 Å². The van der Waals surface area contributed by atoms with Gasteiger partial charge in [-0.2, -0.15) is 0 Å². The SMILES string of the molecule is CNc1ccc(C(=O)NCC(=O)NC(C)(C)C)nc1. The van der Waals surface area contributed by atoms with Crippen LogP contribution in [0.15, 0.2) is 18.3 Å². The fourth-order valence-electron chi connectivity index (χ4n) is 1.39. The number of hydrogen-bond donors (Lipinski definition) is 3. The second-order valence-corrected chi connectivity index (χ2v) is 5.16. The van der Waals surface area contributed by atoms with Gasteiger partial charge in [0, 0.05) is 12.6 Å². The lowest BCUT2D eigenvalue weighted by molar-refractivity contribution is -0.121. The van der Waals surface area contributed by atoms with Gasteiger partial charge in [0.1, 0.15) is 5.69 Å². The molecule has 0 fully saturated rings. The topological polar surface area (TPSA) is 83.1 Å². The van der Waals surface area contributed by atoms with Crippen molar-refractivity contribution < 1.29 is 9.59 Å². The zero-order valence-corrected chi connectivity index (χ0v) is 11.7. The van der Waals surface area contributed by atoms with Crippen LogP contribution in [0.5, 0.6) is 0 Å². The predicted molar refractivity (Wildman–Crippen MR) is 74.0 cm³/mol. The van der Waals surface area contributed by atoms with E-state index >= 15 is 0 Å². The first-order valence-electron chi connectivity index (χ1n) is 6.05. The summed E-state index contributed by atoms with van der Waals surface area (Å²) in [6.07, 6.45) is 1.56.